The molecular formula is C42H84N2O6P+. The van der Waals surface area contributed by atoms with Crippen LogP contribution in [0.2, 0.25) is 0 Å². The van der Waals surface area contributed by atoms with Gasteiger partial charge in [0.1, 0.15) is 13.2 Å². The van der Waals surface area contributed by atoms with Crippen molar-refractivity contribution in [3.05, 3.63) is 24.3 Å². The van der Waals surface area contributed by atoms with Crippen LogP contribution in [0.15, 0.2) is 24.3 Å². The van der Waals surface area contributed by atoms with Gasteiger partial charge in [-0.15, -0.1) is 0 Å². The third kappa shape index (κ3) is 37.1. The lowest BCUT2D eigenvalue weighted by Gasteiger charge is -2.25. The van der Waals surface area contributed by atoms with Gasteiger partial charge in [-0.3, -0.25) is 13.8 Å². The smallest absolute Gasteiger partial charge is 0.387 e. The molecule has 0 aromatic rings. The van der Waals surface area contributed by atoms with Crippen LogP contribution in [0.1, 0.15) is 187 Å². The molecule has 0 aliphatic carbocycles. The minimum absolute atomic E-state index is 0.0615. The predicted molar refractivity (Wildman–Crippen MR) is 217 cm³/mol. The SMILES string of the molecule is CCCCCCCC/C=C/CCCCCCCCCC(=O)N[C@@H](COP(=O)(O)OCC[N+](C)(C)C)[C@H](O)/C=C/CCCCCCCCCCCC. The van der Waals surface area contributed by atoms with Crippen LogP contribution in [0.25, 0.3) is 0 Å². The minimum Gasteiger partial charge on any atom is -0.387 e. The molecular weight excluding hydrogens is 659 g/mol. The molecule has 0 rings (SSSR count). The van der Waals surface area contributed by atoms with Gasteiger partial charge in [-0.2, -0.15) is 0 Å². The number of nitrogens with one attached hydrogen (secondary N) is 1. The molecule has 0 aliphatic heterocycles. The summed E-state index contributed by atoms with van der Waals surface area (Å²) in [5.41, 5.74) is 0. The summed E-state index contributed by atoms with van der Waals surface area (Å²) >= 11 is 0. The zero-order chi connectivity index (χ0) is 37.9. The number of phosphoric acid groups is 1. The summed E-state index contributed by atoms with van der Waals surface area (Å²) in [6.45, 7) is 4.79. The second kappa shape index (κ2) is 34.7. The summed E-state index contributed by atoms with van der Waals surface area (Å²) in [6.07, 6.45) is 39.5. The normalized spacial score (nSPS) is 14.7. The monoisotopic (exact) mass is 744 g/mol. The van der Waals surface area contributed by atoms with E-state index in [9.17, 15) is 19.4 Å². The van der Waals surface area contributed by atoms with Crippen molar-refractivity contribution in [3.8, 4) is 0 Å². The number of carbonyl (C=O) groups is 1. The summed E-state index contributed by atoms with van der Waals surface area (Å²) in [4.78, 5) is 23.0. The van der Waals surface area contributed by atoms with Gasteiger partial charge < -0.3 is 19.8 Å². The quantitative estimate of drug-likeness (QED) is 0.0252. The molecule has 8 nitrogen and oxygen atoms in total. The number of unbranched alkanes of at least 4 members (excludes halogenated alkanes) is 23. The van der Waals surface area contributed by atoms with E-state index in [1.54, 1.807) is 6.08 Å². The zero-order valence-electron chi connectivity index (χ0n) is 34.1. The number of likely N-dealkylation sites (N-methyl/N-ethyl adjacent to an activating group) is 1. The maximum atomic E-state index is 12.8. The van der Waals surface area contributed by atoms with Crippen LogP contribution in [0.3, 0.4) is 0 Å². The van der Waals surface area contributed by atoms with Gasteiger partial charge in [0.15, 0.2) is 0 Å². The second-order valence-electron chi connectivity index (χ2n) is 15.7. The van der Waals surface area contributed by atoms with E-state index in [-0.39, 0.29) is 19.1 Å². The van der Waals surface area contributed by atoms with Crippen LogP contribution >= 0.6 is 7.82 Å². The van der Waals surface area contributed by atoms with Gasteiger partial charge in [0.25, 0.3) is 0 Å². The summed E-state index contributed by atoms with van der Waals surface area (Å²) < 4.78 is 23.5. The first kappa shape index (κ1) is 50.0. The average Bonchev–Trinajstić information content (AvgIpc) is 3.07. The second-order valence-corrected chi connectivity index (χ2v) is 17.2. The predicted octanol–water partition coefficient (Wildman–Crippen LogP) is 11.4. The molecule has 1 unspecified atom stereocenters. The molecule has 0 aliphatic rings. The van der Waals surface area contributed by atoms with Crippen LogP contribution in [-0.4, -0.2) is 73.4 Å². The highest BCUT2D eigenvalue weighted by atomic mass is 31.2. The number of aliphatic hydroxyl groups excluding tert-OH is 1. The number of hydrogen-bond acceptors (Lipinski definition) is 5. The zero-order valence-corrected chi connectivity index (χ0v) is 35.0. The number of aliphatic hydroxyl groups is 1. The molecule has 0 bridgehead atoms. The molecule has 0 saturated carbocycles. The number of phosphoric ester groups is 1. The van der Waals surface area contributed by atoms with Crippen LogP contribution in [-0.2, 0) is 18.4 Å². The first-order valence-electron chi connectivity index (χ1n) is 21.2. The van der Waals surface area contributed by atoms with Crippen LogP contribution in [0.4, 0.5) is 0 Å². The number of rotatable bonds is 38. The minimum atomic E-state index is -4.33. The molecule has 0 aromatic carbocycles. The summed E-state index contributed by atoms with van der Waals surface area (Å²) in [6, 6.07) is -0.844. The molecule has 0 aromatic heterocycles. The van der Waals surface area contributed by atoms with Gasteiger partial charge >= 0.3 is 7.82 Å². The maximum Gasteiger partial charge on any atom is 0.472 e. The van der Waals surface area contributed by atoms with E-state index in [0.29, 0.717) is 17.4 Å². The Balaban J connectivity index is 4.43. The molecule has 0 fully saturated rings. The largest absolute Gasteiger partial charge is 0.472 e. The van der Waals surface area contributed by atoms with Crippen molar-refractivity contribution in [2.75, 3.05) is 40.9 Å². The number of allylic oxidation sites excluding steroid dienone is 3. The van der Waals surface area contributed by atoms with Crippen LogP contribution in [0, 0.1) is 0 Å². The Morgan fingerprint density at radius 1 is 0.647 bits per heavy atom. The van der Waals surface area contributed by atoms with Gasteiger partial charge in [0, 0.05) is 6.42 Å². The highest BCUT2D eigenvalue weighted by molar-refractivity contribution is 7.47. The molecule has 0 spiro atoms. The Bertz CT molecular complexity index is 891. The van der Waals surface area contributed by atoms with Gasteiger partial charge in [-0.25, -0.2) is 4.57 Å². The lowest BCUT2D eigenvalue weighted by molar-refractivity contribution is -0.870. The lowest BCUT2D eigenvalue weighted by Crippen LogP contribution is -2.45. The molecule has 9 heteroatoms. The molecule has 0 saturated heterocycles. The third-order valence-electron chi connectivity index (χ3n) is 9.42. The Morgan fingerprint density at radius 2 is 1.06 bits per heavy atom. The Hall–Kier alpha value is -1.02. The summed E-state index contributed by atoms with van der Waals surface area (Å²) in [5.74, 6) is -0.183. The molecule has 0 heterocycles. The molecule has 0 radical (unpaired) electrons. The van der Waals surface area contributed by atoms with Crippen molar-refractivity contribution in [3.63, 3.8) is 0 Å². The van der Waals surface area contributed by atoms with Crippen molar-refractivity contribution in [1.82, 2.24) is 5.32 Å². The van der Waals surface area contributed by atoms with Gasteiger partial charge in [0.2, 0.25) is 5.91 Å². The highest BCUT2D eigenvalue weighted by Gasteiger charge is 2.27. The van der Waals surface area contributed by atoms with E-state index in [1.807, 2.05) is 27.2 Å². The van der Waals surface area contributed by atoms with Crippen LogP contribution < -0.4 is 5.32 Å². The van der Waals surface area contributed by atoms with Crippen molar-refractivity contribution < 1.29 is 32.9 Å². The van der Waals surface area contributed by atoms with Crippen molar-refractivity contribution in [1.29, 1.82) is 0 Å². The van der Waals surface area contributed by atoms with E-state index >= 15 is 0 Å². The van der Waals surface area contributed by atoms with Gasteiger partial charge in [-0.1, -0.05) is 160 Å². The standard InChI is InChI=1S/C42H83N2O6P/c1-6-8-10-12-14-16-18-20-21-22-23-24-26-28-30-32-34-36-42(46)43-40(39-50-51(47,48)49-38-37-44(3,4)5)41(45)35-33-31-29-27-25-19-17-15-13-11-9-7-2/h20-21,33,35,40-41,45H,6-19,22-32,34,36-39H2,1-5H3,(H-,43,46,47,48)/p+1/b21-20+,35-33+/t40-,41+/m0/s1. The number of hydrogen-bond donors (Lipinski definition) is 3. The fourth-order valence-corrected chi connectivity index (χ4v) is 6.71. The topological polar surface area (TPSA) is 105 Å². The Morgan fingerprint density at radius 3 is 1.51 bits per heavy atom. The number of quaternary nitrogens is 1. The molecule has 3 N–H and O–H groups in total. The molecule has 51 heavy (non-hydrogen) atoms. The number of nitrogens with zero attached hydrogens (tertiary/aromatic N) is 1. The van der Waals surface area contributed by atoms with E-state index in [2.05, 4.69) is 31.3 Å². The maximum absolute atomic E-state index is 12.8. The van der Waals surface area contributed by atoms with E-state index in [1.165, 1.54) is 128 Å². The Kier molecular flexibility index (Phi) is 34.0. The van der Waals surface area contributed by atoms with E-state index in [0.717, 1.165) is 38.5 Å². The lowest BCUT2D eigenvalue weighted by atomic mass is 10.1. The summed E-state index contributed by atoms with van der Waals surface area (Å²) in [7, 11) is 1.57. The number of carbonyl (C=O) groups excluding carboxylic acids is 1. The van der Waals surface area contributed by atoms with Crippen molar-refractivity contribution in [2.45, 2.75) is 199 Å². The van der Waals surface area contributed by atoms with Crippen LogP contribution in [0.5, 0.6) is 0 Å². The van der Waals surface area contributed by atoms with E-state index < -0.39 is 20.0 Å². The summed E-state index contributed by atoms with van der Waals surface area (Å²) in [5, 5.41) is 13.8. The fraction of sp³-hybridized carbons (Fsp3) is 0.881. The fourth-order valence-electron chi connectivity index (χ4n) is 5.98. The van der Waals surface area contributed by atoms with Crippen molar-refractivity contribution >= 4 is 13.7 Å². The van der Waals surface area contributed by atoms with Crippen molar-refractivity contribution in [2.24, 2.45) is 0 Å². The van der Waals surface area contributed by atoms with E-state index in [4.69, 9.17) is 9.05 Å². The third-order valence-corrected chi connectivity index (χ3v) is 10.4. The van der Waals surface area contributed by atoms with Gasteiger partial charge in [0.05, 0.1) is 39.9 Å². The highest BCUT2D eigenvalue weighted by Crippen LogP contribution is 2.43. The molecule has 3 atom stereocenters. The molecule has 302 valence electrons. The molecule has 1 amide bonds. The first-order valence-corrected chi connectivity index (χ1v) is 22.7. The number of amides is 1. The Labute approximate surface area is 315 Å². The first-order chi connectivity index (χ1) is 24.5. The van der Waals surface area contributed by atoms with Gasteiger partial charge in [-0.05, 0) is 44.9 Å². The average molecular weight is 744 g/mol.